The Labute approximate surface area is 113 Å². The fraction of sp³-hybridized carbons (Fsp3) is 0.933. The molecule has 0 aliphatic carbocycles. The maximum absolute atomic E-state index is 11.4. The zero-order valence-electron chi connectivity index (χ0n) is 12.4. The molecule has 0 saturated heterocycles. The van der Waals surface area contributed by atoms with E-state index in [4.69, 9.17) is 0 Å². The van der Waals surface area contributed by atoms with Gasteiger partial charge in [0.25, 0.3) is 0 Å². The third kappa shape index (κ3) is 13.5. The third-order valence-electron chi connectivity index (χ3n) is 3.20. The topological polar surface area (TPSA) is 41.1 Å². The lowest BCUT2D eigenvalue weighted by molar-refractivity contribution is -0.121. The van der Waals surface area contributed by atoms with Crippen LogP contribution < -0.4 is 10.6 Å². The molecule has 0 radical (unpaired) electrons. The van der Waals surface area contributed by atoms with Crippen LogP contribution in [0.5, 0.6) is 0 Å². The fourth-order valence-corrected chi connectivity index (χ4v) is 2.01. The number of nitrogens with one attached hydrogen (secondary N) is 2. The van der Waals surface area contributed by atoms with E-state index in [1.807, 2.05) is 7.05 Å². The Balaban J connectivity index is 3.08. The second-order valence-corrected chi connectivity index (χ2v) is 5.03. The van der Waals surface area contributed by atoms with Crippen molar-refractivity contribution in [1.82, 2.24) is 10.6 Å². The summed E-state index contributed by atoms with van der Waals surface area (Å²) in [5.41, 5.74) is 0. The highest BCUT2D eigenvalue weighted by atomic mass is 16.1. The van der Waals surface area contributed by atoms with Crippen LogP contribution in [0, 0.1) is 0 Å². The lowest BCUT2D eigenvalue weighted by Gasteiger charge is -2.04. The largest absolute Gasteiger partial charge is 0.355 e. The fourth-order valence-electron chi connectivity index (χ4n) is 2.01. The van der Waals surface area contributed by atoms with Gasteiger partial charge in [-0.15, -0.1) is 0 Å². The van der Waals surface area contributed by atoms with Gasteiger partial charge < -0.3 is 10.6 Å². The summed E-state index contributed by atoms with van der Waals surface area (Å²) >= 11 is 0. The molecular formula is C15H32N2O. The number of carbonyl (C=O) groups is 1. The van der Waals surface area contributed by atoms with E-state index in [0.29, 0.717) is 6.42 Å². The maximum atomic E-state index is 11.4. The summed E-state index contributed by atoms with van der Waals surface area (Å²) in [6, 6.07) is 0. The van der Waals surface area contributed by atoms with Gasteiger partial charge in [0.05, 0.1) is 0 Å². The summed E-state index contributed by atoms with van der Waals surface area (Å²) in [6.45, 7) is 3.85. The van der Waals surface area contributed by atoms with Crippen molar-refractivity contribution in [3.8, 4) is 0 Å². The van der Waals surface area contributed by atoms with Crippen LogP contribution in [0.2, 0.25) is 0 Å². The Bertz CT molecular complexity index is 183. The zero-order chi connectivity index (χ0) is 13.5. The highest BCUT2D eigenvalue weighted by molar-refractivity contribution is 5.75. The molecule has 1 amide bonds. The second kappa shape index (κ2) is 14.5. The van der Waals surface area contributed by atoms with Crippen LogP contribution in [-0.2, 0) is 4.79 Å². The van der Waals surface area contributed by atoms with E-state index in [-0.39, 0.29) is 5.91 Å². The van der Waals surface area contributed by atoms with Crippen LogP contribution in [0.15, 0.2) is 0 Å². The first-order valence-electron chi connectivity index (χ1n) is 7.72. The molecule has 0 atom stereocenters. The van der Waals surface area contributed by atoms with Gasteiger partial charge in [-0.05, 0) is 13.5 Å². The molecule has 0 saturated carbocycles. The number of hydrogen-bond donors (Lipinski definition) is 2. The van der Waals surface area contributed by atoms with Gasteiger partial charge in [-0.1, -0.05) is 58.3 Å². The van der Waals surface area contributed by atoms with Crippen molar-refractivity contribution in [2.24, 2.45) is 0 Å². The summed E-state index contributed by atoms with van der Waals surface area (Å²) in [7, 11) is 1.90. The van der Waals surface area contributed by atoms with Crippen molar-refractivity contribution in [1.29, 1.82) is 0 Å². The Morgan fingerprint density at radius 3 is 1.94 bits per heavy atom. The molecular weight excluding hydrogens is 224 g/mol. The normalized spacial score (nSPS) is 10.6. The predicted octanol–water partition coefficient (Wildman–Crippen LogP) is 3.24. The van der Waals surface area contributed by atoms with Crippen LogP contribution in [0.4, 0.5) is 0 Å². The highest BCUT2D eigenvalue weighted by Crippen LogP contribution is 2.10. The molecule has 0 rings (SSSR count). The summed E-state index contributed by atoms with van der Waals surface area (Å²) in [5, 5.41) is 5.92. The molecule has 18 heavy (non-hydrogen) atoms. The van der Waals surface area contributed by atoms with Gasteiger partial charge >= 0.3 is 0 Å². The molecule has 0 fully saturated rings. The van der Waals surface area contributed by atoms with Crippen molar-refractivity contribution in [3.63, 3.8) is 0 Å². The van der Waals surface area contributed by atoms with E-state index < -0.39 is 0 Å². The Hall–Kier alpha value is -0.570. The van der Waals surface area contributed by atoms with E-state index in [9.17, 15) is 4.79 Å². The van der Waals surface area contributed by atoms with Crippen molar-refractivity contribution < 1.29 is 4.79 Å². The Kier molecular flexibility index (Phi) is 14.0. The maximum Gasteiger partial charge on any atom is 0.220 e. The van der Waals surface area contributed by atoms with Crippen LogP contribution >= 0.6 is 0 Å². The minimum atomic E-state index is 0.202. The molecule has 3 nitrogen and oxygen atoms in total. The van der Waals surface area contributed by atoms with Gasteiger partial charge in [-0.2, -0.15) is 0 Å². The van der Waals surface area contributed by atoms with Crippen LogP contribution in [-0.4, -0.2) is 26.0 Å². The van der Waals surface area contributed by atoms with Crippen LogP contribution in [0.25, 0.3) is 0 Å². The van der Waals surface area contributed by atoms with Crippen molar-refractivity contribution in [2.75, 3.05) is 20.1 Å². The monoisotopic (exact) mass is 256 g/mol. The smallest absolute Gasteiger partial charge is 0.220 e. The van der Waals surface area contributed by atoms with E-state index >= 15 is 0 Å². The summed E-state index contributed by atoms with van der Waals surface area (Å²) in [6.07, 6.45) is 12.4. The molecule has 0 bridgehead atoms. The molecule has 3 heteroatoms. The number of carbonyl (C=O) groups excluding carboxylic acids is 1. The summed E-state index contributed by atoms with van der Waals surface area (Å²) < 4.78 is 0. The number of unbranched alkanes of at least 4 members (excludes halogenated alkanes) is 8. The first-order valence-corrected chi connectivity index (χ1v) is 7.72. The van der Waals surface area contributed by atoms with Gasteiger partial charge in [-0.25, -0.2) is 0 Å². The van der Waals surface area contributed by atoms with Crippen molar-refractivity contribution >= 4 is 5.91 Å². The first kappa shape index (κ1) is 17.4. The molecule has 0 aliphatic heterocycles. The van der Waals surface area contributed by atoms with Crippen molar-refractivity contribution in [3.05, 3.63) is 0 Å². The van der Waals surface area contributed by atoms with Crippen LogP contribution in [0.3, 0.4) is 0 Å². The molecule has 0 spiro atoms. The number of amides is 1. The molecule has 0 aromatic carbocycles. The third-order valence-corrected chi connectivity index (χ3v) is 3.20. The number of rotatable bonds is 13. The first-order chi connectivity index (χ1) is 8.81. The quantitative estimate of drug-likeness (QED) is 0.497. The van der Waals surface area contributed by atoms with E-state index in [0.717, 1.165) is 19.5 Å². The standard InChI is InChI=1S/C15H32N2O/c1-3-4-5-6-7-8-9-10-11-12-15(18)17-14-13-16-2/h16H,3-14H2,1-2H3,(H,17,18). The summed E-state index contributed by atoms with van der Waals surface area (Å²) in [4.78, 5) is 11.4. The van der Waals surface area contributed by atoms with Gasteiger partial charge in [0, 0.05) is 19.5 Å². The SMILES string of the molecule is CCCCCCCCCCCC(=O)NCCNC. The van der Waals surface area contributed by atoms with E-state index in [2.05, 4.69) is 17.6 Å². The minimum absolute atomic E-state index is 0.202. The highest BCUT2D eigenvalue weighted by Gasteiger charge is 1.99. The lowest BCUT2D eigenvalue weighted by Crippen LogP contribution is -2.30. The molecule has 0 unspecified atom stereocenters. The molecule has 0 heterocycles. The summed E-state index contributed by atoms with van der Waals surface area (Å²) in [5.74, 6) is 0.202. The molecule has 2 N–H and O–H groups in total. The second-order valence-electron chi connectivity index (χ2n) is 5.03. The van der Waals surface area contributed by atoms with Gasteiger partial charge in [-0.3, -0.25) is 4.79 Å². The van der Waals surface area contributed by atoms with Crippen molar-refractivity contribution in [2.45, 2.75) is 71.1 Å². The average molecular weight is 256 g/mol. The Morgan fingerprint density at radius 2 is 1.39 bits per heavy atom. The van der Waals surface area contributed by atoms with Gasteiger partial charge in [0.15, 0.2) is 0 Å². The lowest BCUT2D eigenvalue weighted by atomic mass is 10.1. The average Bonchev–Trinajstić information content (AvgIpc) is 2.37. The Morgan fingerprint density at radius 1 is 0.833 bits per heavy atom. The molecule has 0 aromatic rings. The van der Waals surface area contributed by atoms with Crippen LogP contribution in [0.1, 0.15) is 71.1 Å². The van der Waals surface area contributed by atoms with Gasteiger partial charge in [0.2, 0.25) is 5.91 Å². The van der Waals surface area contributed by atoms with E-state index in [1.54, 1.807) is 0 Å². The van der Waals surface area contributed by atoms with Gasteiger partial charge in [0.1, 0.15) is 0 Å². The van der Waals surface area contributed by atoms with E-state index in [1.165, 1.54) is 51.4 Å². The predicted molar refractivity (Wildman–Crippen MR) is 78.8 cm³/mol. The molecule has 0 aliphatic rings. The minimum Gasteiger partial charge on any atom is -0.355 e. The zero-order valence-corrected chi connectivity index (χ0v) is 12.4. The number of hydrogen-bond acceptors (Lipinski definition) is 2. The number of likely N-dealkylation sites (N-methyl/N-ethyl adjacent to an activating group) is 1. The molecule has 108 valence electrons. The molecule has 0 aromatic heterocycles.